The maximum absolute atomic E-state index is 12.5. The van der Waals surface area contributed by atoms with Gasteiger partial charge in [-0.3, -0.25) is 0 Å². The standard InChI is InChI=1S/C12H14INO4S/c1-8-3-5-10(6-4-8)19(16,17)14-11(7-13)9(2)18-12(14)15/h3-6,9,11H,7H2,1-2H3. The molecule has 0 N–H and O–H groups in total. The average Bonchev–Trinajstić information content (AvgIpc) is 2.64. The molecule has 0 aliphatic carbocycles. The number of aryl methyl sites for hydroxylation is 1. The van der Waals surface area contributed by atoms with E-state index in [1.807, 2.05) is 6.92 Å². The number of carbonyl (C=O) groups excluding carboxylic acids is 1. The van der Waals surface area contributed by atoms with Gasteiger partial charge >= 0.3 is 6.09 Å². The Morgan fingerprint density at radius 2 is 1.89 bits per heavy atom. The van der Waals surface area contributed by atoms with Gasteiger partial charge in [0.25, 0.3) is 10.0 Å². The van der Waals surface area contributed by atoms with Gasteiger partial charge in [-0.2, -0.15) is 4.31 Å². The number of benzene rings is 1. The van der Waals surface area contributed by atoms with E-state index in [0.717, 1.165) is 9.87 Å². The van der Waals surface area contributed by atoms with Crippen molar-refractivity contribution in [1.82, 2.24) is 4.31 Å². The van der Waals surface area contributed by atoms with E-state index < -0.39 is 28.3 Å². The predicted octanol–water partition coefficient (Wildman–Crippen LogP) is 2.33. The van der Waals surface area contributed by atoms with E-state index in [2.05, 4.69) is 22.6 Å². The van der Waals surface area contributed by atoms with Gasteiger partial charge in [-0.25, -0.2) is 13.2 Å². The number of amides is 1. The molecule has 0 radical (unpaired) electrons. The molecule has 104 valence electrons. The normalized spacial score (nSPS) is 23.5. The first-order valence-electron chi connectivity index (χ1n) is 5.75. The van der Waals surface area contributed by atoms with Crippen LogP contribution in [0.4, 0.5) is 4.79 Å². The van der Waals surface area contributed by atoms with Crippen LogP contribution in [-0.4, -0.2) is 35.4 Å². The van der Waals surface area contributed by atoms with Crippen LogP contribution in [0.25, 0.3) is 0 Å². The molecule has 5 nitrogen and oxygen atoms in total. The second-order valence-corrected chi connectivity index (χ2v) is 7.12. The van der Waals surface area contributed by atoms with E-state index in [-0.39, 0.29) is 4.90 Å². The summed E-state index contributed by atoms with van der Waals surface area (Å²) in [4.78, 5) is 11.9. The van der Waals surface area contributed by atoms with Crippen molar-refractivity contribution in [3.8, 4) is 0 Å². The van der Waals surface area contributed by atoms with E-state index in [4.69, 9.17) is 4.74 Å². The second-order valence-electron chi connectivity index (χ2n) is 4.42. The van der Waals surface area contributed by atoms with Gasteiger partial charge in [-0.05, 0) is 26.0 Å². The van der Waals surface area contributed by atoms with Gasteiger partial charge in [0.15, 0.2) is 0 Å². The molecule has 1 aromatic rings. The van der Waals surface area contributed by atoms with Crippen molar-refractivity contribution in [2.45, 2.75) is 30.9 Å². The highest BCUT2D eigenvalue weighted by atomic mass is 127. The molecular formula is C12H14INO4S. The summed E-state index contributed by atoms with van der Waals surface area (Å²) in [5.74, 6) is 0. The molecule has 1 heterocycles. The molecule has 0 spiro atoms. The number of cyclic esters (lactones) is 1. The number of alkyl halides is 1. The number of ether oxygens (including phenoxy) is 1. The maximum atomic E-state index is 12.5. The number of hydrogen-bond donors (Lipinski definition) is 0. The highest BCUT2D eigenvalue weighted by Crippen LogP contribution is 2.28. The highest BCUT2D eigenvalue weighted by Gasteiger charge is 2.46. The Morgan fingerprint density at radius 3 is 2.42 bits per heavy atom. The summed E-state index contributed by atoms with van der Waals surface area (Å²) in [5, 5.41) is 0. The highest BCUT2D eigenvalue weighted by molar-refractivity contribution is 14.1. The third kappa shape index (κ3) is 2.58. The van der Waals surface area contributed by atoms with Crippen LogP contribution in [0.1, 0.15) is 12.5 Å². The Hall–Kier alpha value is -0.830. The Kier molecular flexibility index (Phi) is 4.05. The second kappa shape index (κ2) is 5.28. The van der Waals surface area contributed by atoms with Crippen LogP contribution >= 0.6 is 22.6 Å². The van der Waals surface area contributed by atoms with Gasteiger partial charge in [0.05, 0.1) is 10.9 Å². The fourth-order valence-corrected chi connectivity index (χ4v) is 4.83. The lowest BCUT2D eigenvalue weighted by atomic mass is 10.2. The van der Waals surface area contributed by atoms with Crippen LogP contribution in [0.5, 0.6) is 0 Å². The summed E-state index contributed by atoms with van der Waals surface area (Å²) in [6.45, 7) is 3.57. The summed E-state index contributed by atoms with van der Waals surface area (Å²) in [5.41, 5.74) is 0.960. The molecule has 0 saturated carbocycles. The Bertz CT molecular complexity index is 584. The van der Waals surface area contributed by atoms with Crippen molar-refractivity contribution in [3.63, 3.8) is 0 Å². The molecule has 19 heavy (non-hydrogen) atoms. The summed E-state index contributed by atoms with van der Waals surface area (Å²) >= 11 is 2.06. The van der Waals surface area contributed by atoms with Crippen LogP contribution in [-0.2, 0) is 14.8 Å². The van der Waals surface area contributed by atoms with Crippen LogP contribution in [0.3, 0.4) is 0 Å². The van der Waals surface area contributed by atoms with Gasteiger partial charge in [0, 0.05) is 4.43 Å². The first kappa shape index (κ1) is 14.6. The minimum atomic E-state index is -3.84. The summed E-state index contributed by atoms with van der Waals surface area (Å²) in [6.07, 6.45) is -1.22. The molecule has 2 unspecified atom stereocenters. The zero-order chi connectivity index (χ0) is 14.2. The van der Waals surface area contributed by atoms with Gasteiger partial charge in [0.1, 0.15) is 6.10 Å². The van der Waals surface area contributed by atoms with Crippen LogP contribution in [0, 0.1) is 6.92 Å². The van der Waals surface area contributed by atoms with Crippen molar-refractivity contribution in [3.05, 3.63) is 29.8 Å². The Balaban J connectivity index is 2.44. The SMILES string of the molecule is Cc1ccc(S(=O)(=O)N2C(=O)OC(C)C2CI)cc1. The smallest absolute Gasteiger partial charge is 0.424 e. The lowest BCUT2D eigenvalue weighted by molar-refractivity contribution is 0.141. The van der Waals surface area contributed by atoms with Gasteiger partial charge in [0.2, 0.25) is 0 Å². The lowest BCUT2D eigenvalue weighted by Gasteiger charge is -2.21. The first-order valence-corrected chi connectivity index (χ1v) is 8.72. The van der Waals surface area contributed by atoms with Crippen molar-refractivity contribution in [2.75, 3.05) is 4.43 Å². The Morgan fingerprint density at radius 1 is 1.32 bits per heavy atom. The first-order chi connectivity index (χ1) is 8.87. The topological polar surface area (TPSA) is 63.7 Å². The molecule has 0 bridgehead atoms. The van der Waals surface area contributed by atoms with E-state index in [1.54, 1.807) is 19.1 Å². The predicted molar refractivity (Wildman–Crippen MR) is 78.8 cm³/mol. The molecular weight excluding hydrogens is 381 g/mol. The van der Waals surface area contributed by atoms with Crippen molar-refractivity contribution in [1.29, 1.82) is 0 Å². The number of halogens is 1. The van der Waals surface area contributed by atoms with Crippen molar-refractivity contribution < 1.29 is 17.9 Å². The van der Waals surface area contributed by atoms with Gasteiger partial charge in [-0.15, -0.1) is 0 Å². The minimum Gasteiger partial charge on any atom is -0.443 e. The van der Waals surface area contributed by atoms with Crippen LogP contribution < -0.4 is 0 Å². The third-order valence-electron chi connectivity index (χ3n) is 3.05. The molecule has 1 fully saturated rings. The maximum Gasteiger partial charge on any atom is 0.424 e. The zero-order valence-corrected chi connectivity index (χ0v) is 13.5. The number of hydrogen-bond acceptors (Lipinski definition) is 4. The van der Waals surface area contributed by atoms with Crippen molar-refractivity contribution in [2.24, 2.45) is 0 Å². The quantitative estimate of drug-likeness (QED) is 0.582. The molecule has 1 aliphatic heterocycles. The minimum absolute atomic E-state index is 0.110. The van der Waals surface area contributed by atoms with E-state index in [9.17, 15) is 13.2 Å². The molecule has 1 saturated heterocycles. The summed E-state index contributed by atoms with van der Waals surface area (Å²) < 4.78 is 31.3. The van der Waals surface area contributed by atoms with Gasteiger partial charge in [-0.1, -0.05) is 40.3 Å². The number of carbonyl (C=O) groups is 1. The number of rotatable bonds is 3. The molecule has 1 aromatic carbocycles. The molecule has 2 atom stereocenters. The molecule has 2 rings (SSSR count). The molecule has 1 aliphatic rings. The zero-order valence-electron chi connectivity index (χ0n) is 10.5. The third-order valence-corrected chi connectivity index (χ3v) is 5.75. The Labute approximate surface area is 126 Å². The van der Waals surface area contributed by atoms with Gasteiger partial charge < -0.3 is 4.74 Å². The molecule has 7 heteroatoms. The molecule has 1 amide bonds. The van der Waals surface area contributed by atoms with E-state index in [1.165, 1.54) is 12.1 Å². The van der Waals surface area contributed by atoms with Crippen molar-refractivity contribution >= 4 is 38.7 Å². The number of sulfonamides is 1. The summed E-state index contributed by atoms with van der Waals surface area (Å²) in [7, 11) is -3.84. The summed E-state index contributed by atoms with van der Waals surface area (Å²) in [6, 6.07) is 5.96. The van der Waals surface area contributed by atoms with Crippen LogP contribution in [0.15, 0.2) is 29.2 Å². The monoisotopic (exact) mass is 395 g/mol. The molecule has 0 aromatic heterocycles. The lowest BCUT2D eigenvalue weighted by Crippen LogP contribution is -2.41. The largest absolute Gasteiger partial charge is 0.443 e. The van der Waals surface area contributed by atoms with Crippen LogP contribution in [0.2, 0.25) is 0 Å². The fraction of sp³-hybridized carbons (Fsp3) is 0.417. The number of nitrogens with zero attached hydrogens (tertiary/aromatic N) is 1. The van der Waals surface area contributed by atoms with E-state index in [0.29, 0.717) is 4.43 Å². The van der Waals surface area contributed by atoms with E-state index >= 15 is 0 Å². The fourth-order valence-electron chi connectivity index (χ4n) is 1.90. The average molecular weight is 395 g/mol.